The Morgan fingerprint density at radius 1 is 0.736 bits per heavy atom. The summed E-state index contributed by atoms with van der Waals surface area (Å²) in [7, 11) is 1.54. The molecule has 1 atom stereocenters. The average molecular weight is 721 g/mol. The first-order valence-electron chi connectivity index (χ1n) is 16.7. The monoisotopic (exact) mass is 720 g/mol. The maximum absolute atomic E-state index is 14.3. The zero-order valence-electron chi connectivity index (χ0n) is 28.7. The number of rotatable bonds is 18. The number of methoxy groups -OCH3 is 1. The van der Waals surface area contributed by atoms with Gasteiger partial charge in [-0.3, -0.25) is 4.79 Å². The maximum Gasteiger partial charge on any atom is 0.294 e. The minimum Gasteiger partial charge on any atom is -0.493 e. The lowest BCUT2D eigenvalue weighted by Gasteiger charge is -2.29. The highest BCUT2D eigenvalue weighted by molar-refractivity contribution is 6.10. The van der Waals surface area contributed by atoms with E-state index in [2.05, 4.69) is 14.7 Å². The standard InChI is InChI=1S/C39H36N4O10/c1-49-35-16-4-5-17-36(35)50-20-19-41(39(44)30-12-7-10-28(22-30)25-53-43(47)48)23-31(29-11-6-9-27(21-29)24-52-42(45)46)26-51-37-18-8-15-34-38(37)32-13-2-3-14-33(32)40-34/h2-18,21-22,31,40H,19-20,23-26H2,1H3. The van der Waals surface area contributed by atoms with Crippen molar-refractivity contribution in [2.75, 3.05) is 33.4 Å². The van der Waals surface area contributed by atoms with Gasteiger partial charge < -0.3 is 33.8 Å². The molecule has 14 nitrogen and oxygen atoms in total. The molecule has 53 heavy (non-hydrogen) atoms. The molecule has 6 rings (SSSR count). The summed E-state index contributed by atoms with van der Waals surface area (Å²) in [5, 5.41) is 22.0. The van der Waals surface area contributed by atoms with E-state index in [1.165, 1.54) is 0 Å². The van der Waals surface area contributed by atoms with E-state index in [-0.39, 0.29) is 45.4 Å². The molecule has 0 aliphatic heterocycles. The third-order valence-corrected chi connectivity index (χ3v) is 8.62. The molecule has 0 saturated heterocycles. The van der Waals surface area contributed by atoms with Crippen LogP contribution in [0.2, 0.25) is 0 Å². The van der Waals surface area contributed by atoms with E-state index in [9.17, 15) is 25.0 Å². The lowest BCUT2D eigenvalue weighted by atomic mass is 9.96. The van der Waals surface area contributed by atoms with Gasteiger partial charge in [0.05, 0.1) is 25.8 Å². The van der Waals surface area contributed by atoms with Crippen LogP contribution < -0.4 is 14.2 Å². The summed E-state index contributed by atoms with van der Waals surface area (Å²) in [5.74, 6) is 0.894. The molecule has 0 aliphatic carbocycles. The number of amides is 1. The first kappa shape index (κ1) is 36.0. The van der Waals surface area contributed by atoms with E-state index in [1.807, 2.05) is 60.7 Å². The van der Waals surface area contributed by atoms with Crippen molar-refractivity contribution in [3.8, 4) is 17.2 Å². The van der Waals surface area contributed by atoms with Crippen molar-refractivity contribution >= 4 is 27.7 Å². The van der Waals surface area contributed by atoms with E-state index in [1.54, 1.807) is 66.6 Å². The van der Waals surface area contributed by atoms with Crippen LogP contribution in [0.1, 0.15) is 33.0 Å². The normalized spacial score (nSPS) is 11.5. The van der Waals surface area contributed by atoms with Gasteiger partial charge in [-0.15, -0.1) is 20.2 Å². The van der Waals surface area contributed by atoms with Crippen molar-refractivity contribution in [2.24, 2.45) is 0 Å². The van der Waals surface area contributed by atoms with Gasteiger partial charge in [0.15, 0.2) is 11.5 Å². The second-order valence-corrected chi connectivity index (χ2v) is 12.0. The minimum absolute atomic E-state index is 0.106. The molecule has 1 heterocycles. The first-order valence-corrected chi connectivity index (χ1v) is 16.7. The Labute approximate surface area is 303 Å². The van der Waals surface area contributed by atoms with E-state index in [0.29, 0.717) is 33.9 Å². The average Bonchev–Trinajstić information content (AvgIpc) is 3.57. The number of fused-ring (bicyclic) bond motifs is 3. The number of carbonyl (C=O) groups excluding carboxylic acids is 1. The van der Waals surface area contributed by atoms with Crippen molar-refractivity contribution in [3.05, 3.63) is 158 Å². The second kappa shape index (κ2) is 16.9. The molecule has 1 unspecified atom stereocenters. The van der Waals surface area contributed by atoms with Gasteiger partial charge in [0, 0.05) is 34.3 Å². The second-order valence-electron chi connectivity index (χ2n) is 12.0. The molecule has 272 valence electrons. The molecule has 0 spiro atoms. The predicted molar refractivity (Wildman–Crippen MR) is 195 cm³/mol. The molecule has 14 heteroatoms. The zero-order valence-corrected chi connectivity index (χ0v) is 28.7. The van der Waals surface area contributed by atoms with Crippen molar-refractivity contribution in [2.45, 2.75) is 19.1 Å². The Bertz CT molecular complexity index is 2220. The van der Waals surface area contributed by atoms with Crippen LogP contribution in [-0.4, -0.2) is 59.4 Å². The van der Waals surface area contributed by atoms with Gasteiger partial charge >= 0.3 is 0 Å². The van der Waals surface area contributed by atoms with Crippen LogP contribution in [0.15, 0.2) is 115 Å². The topological polar surface area (TPSA) is 169 Å². The minimum atomic E-state index is -0.887. The van der Waals surface area contributed by atoms with Gasteiger partial charge in [0.2, 0.25) is 0 Å². The Kier molecular flexibility index (Phi) is 11.5. The highest BCUT2D eigenvalue weighted by atomic mass is 17.0. The quantitative estimate of drug-likeness (QED) is 0.0712. The van der Waals surface area contributed by atoms with Gasteiger partial charge in [-0.1, -0.05) is 72.8 Å². The van der Waals surface area contributed by atoms with Crippen molar-refractivity contribution in [1.82, 2.24) is 9.88 Å². The summed E-state index contributed by atoms with van der Waals surface area (Å²) in [5.41, 5.74) is 3.94. The van der Waals surface area contributed by atoms with E-state index < -0.39 is 16.1 Å². The Hall–Kier alpha value is -6.83. The fourth-order valence-electron chi connectivity index (χ4n) is 6.15. The lowest BCUT2D eigenvalue weighted by molar-refractivity contribution is -0.763. The number of carbonyl (C=O) groups is 1. The molecule has 5 aromatic carbocycles. The van der Waals surface area contributed by atoms with Gasteiger partial charge in [-0.05, 0) is 59.2 Å². The van der Waals surface area contributed by atoms with Gasteiger partial charge in [-0.25, -0.2) is 0 Å². The molecular weight excluding hydrogens is 684 g/mol. The molecule has 0 bridgehead atoms. The van der Waals surface area contributed by atoms with Crippen LogP contribution in [0.5, 0.6) is 17.2 Å². The summed E-state index contributed by atoms with van der Waals surface area (Å²) in [6.07, 6.45) is 0. The number of nitrogens with one attached hydrogen (secondary N) is 1. The van der Waals surface area contributed by atoms with Crippen LogP contribution in [0, 0.1) is 20.2 Å². The molecule has 1 aromatic heterocycles. The number of ether oxygens (including phenoxy) is 3. The lowest BCUT2D eigenvalue weighted by Crippen LogP contribution is -2.39. The number of aromatic amines is 1. The third-order valence-electron chi connectivity index (χ3n) is 8.62. The van der Waals surface area contributed by atoms with Crippen LogP contribution in [0.25, 0.3) is 21.8 Å². The van der Waals surface area contributed by atoms with E-state index >= 15 is 0 Å². The van der Waals surface area contributed by atoms with Crippen molar-refractivity contribution in [3.63, 3.8) is 0 Å². The predicted octanol–water partition coefficient (Wildman–Crippen LogP) is 7.13. The zero-order chi connectivity index (χ0) is 37.2. The SMILES string of the molecule is COc1ccccc1OCCN(CC(COc1cccc2[nH]c3ccccc3c12)c1cccc(CO[N+](=O)[O-])c1)C(=O)c1cccc(CO[N+](=O)[O-])c1. The van der Waals surface area contributed by atoms with Crippen LogP contribution in [-0.2, 0) is 22.9 Å². The summed E-state index contributed by atoms with van der Waals surface area (Å²) in [4.78, 5) is 50.4. The van der Waals surface area contributed by atoms with E-state index in [0.717, 1.165) is 27.4 Å². The largest absolute Gasteiger partial charge is 0.493 e. The number of aromatic nitrogens is 1. The Morgan fingerprint density at radius 2 is 1.38 bits per heavy atom. The molecule has 0 aliphatic rings. The summed E-state index contributed by atoms with van der Waals surface area (Å²) in [6.45, 7) is -0.0448. The number of hydrogen-bond acceptors (Lipinski definition) is 10. The van der Waals surface area contributed by atoms with Crippen molar-refractivity contribution < 1.29 is 38.9 Å². The molecule has 0 fully saturated rings. The first-order chi connectivity index (χ1) is 25.8. The van der Waals surface area contributed by atoms with Crippen LogP contribution in [0.4, 0.5) is 0 Å². The summed E-state index contributed by atoms with van der Waals surface area (Å²) in [6, 6.07) is 34.5. The number of hydrogen-bond donors (Lipinski definition) is 1. The molecule has 6 aromatic rings. The number of H-pyrrole nitrogens is 1. The molecule has 0 saturated carbocycles. The van der Waals surface area contributed by atoms with Gasteiger partial charge in [0.1, 0.15) is 25.6 Å². The Morgan fingerprint density at radius 3 is 2.13 bits per heavy atom. The molecular formula is C39H36N4O10. The van der Waals surface area contributed by atoms with Gasteiger partial charge in [0.25, 0.3) is 16.1 Å². The smallest absolute Gasteiger partial charge is 0.294 e. The highest BCUT2D eigenvalue weighted by Crippen LogP contribution is 2.34. The maximum atomic E-state index is 14.3. The number of para-hydroxylation sites is 3. The van der Waals surface area contributed by atoms with Crippen molar-refractivity contribution in [1.29, 1.82) is 0 Å². The van der Waals surface area contributed by atoms with Crippen LogP contribution in [0.3, 0.4) is 0 Å². The highest BCUT2D eigenvalue weighted by Gasteiger charge is 2.24. The number of nitrogens with zero attached hydrogens (tertiary/aromatic N) is 3. The van der Waals surface area contributed by atoms with Crippen LogP contribution >= 0.6 is 0 Å². The van der Waals surface area contributed by atoms with E-state index in [4.69, 9.17) is 14.2 Å². The summed E-state index contributed by atoms with van der Waals surface area (Å²) < 4.78 is 18.1. The molecule has 0 radical (unpaired) electrons. The molecule has 1 N–H and O–H groups in total. The Balaban J connectivity index is 1.33. The molecule has 1 amide bonds. The fraction of sp³-hybridized carbons (Fsp3) is 0.205. The number of benzene rings is 5. The van der Waals surface area contributed by atoms with Gasteiger partial charge in [-0.2, -0.15) is 0 Å². The summed E-state index contributed by atoms with van der Waals surface area (Å²) >= 11 is 0. The fourth-order valence-corrected chi connectivity index (χ4v) is 6.15. The third kappa shape index (κ3) is 9.10.